The van der Waals surface area contributed by atoms with Gasteiger partial charge in [0.25, 0.3) is 12.3 Å². The minimum Gasteiger partial charge on any atom is -0.490 e. The molecule has 4 rings (SSSR count). The first-order chi connectivity index (χ1) is 16.8. The molecule has 186 valence electrons. The number of carbonyl (C=O) groups is 1. The van der Waals surface area contributed by atoms with Gasteiger partial charge >= 0.3 is 5.69 Å². The van der Waals surface area contributed by atoms with E-state index in [9.17, 15) is 18.4 Å². The van der Waals surface area contributed by atoms with Gasteiger partial charge in [0.1, 0.15) is 23.1 Å². The maximum Gasteiger partial charge on any atom is 0.350 e. The number of hydrogen-bond acceptors (Lipinski definition) is 4. The number of para-hydroxylation sites is 1. The van der Waals surface area contributed by atoms with E-state index in [-0.39, 0.29) is 34.4 Å². The third-order valence-electron chi connectivity index (χ3n) is 5.96. The fourth-order valence-electron chi connectivity index (χ4n) is 4.21. The maximum absolute atomic E-state index is 15.3. The lowest BCUT2D eigenvalue weighted by atomic mass is 10.1. The van der Waals surface area contributed by atoms with Crippen molar-refractivity contribution in [3.05, 3.63) is 69.7 Å². The second-order valence-corrected chi connectivity index (χ2v) is 8.58. The normalized spacial score (nSPS) is 14.0. The van der Waals surface area contributed by atoms with Crippen LogP contribution < -0.4 is 15.7 Å². The van der Waals surface area contributed by atoms with Crippen LogP contribution in [0.2, 0.25) is 0 Å². The van der Waals surface area contributed by atoms with Crippen molar-refractivity contribution < 1.29 is 22.7 Å². The van der Waals surface area contributed by atoms with E-state index >= 15 is 4.39 Å². The highest BCUT2D eigenvalue weighted by atomic mass is 19.3. The van der Waals surface area contributed by atoms with Crippen LogP contribution in [0.15, 0.2) is 41.2 Å². The summed E-state index contributed by atoms with van der Waals surface area (Å²) < 4.78 is 50.5. The van der Waals surface area contributed by atoms with Crippen molar-refractivity contribution in [2.45, 2.75) is 65.0 Å². The third kappa shape index (κ3) is 5.11. The number of aromatic nitrogens is 3. The highest BCUT2D eigenvalue weighted by Crippen LogP contribution is 2.30. The summed E-state index contributed by atoms with van der Waals surface area (Å²) in [4.78, 5) is 26.0. The average molecular weight is 489 g/mol. The smallest absolute Gasteiger partial charge is 0.350 e. The molecule has 1 atom stereocenters. The molecule has 10 heteroatoms. The number of rotatable bonds is 8. The molecule has 1 unspecified atom stereocenters. The van der Waals surface area contributed by atoms with Crippen LogP contribution in [0.4, 0.5) is 18.9 Å². The molecule has 35 heavy (non-hydrogen) atoms. The van der Waals surface area contributed by atoms with E-state index in [0.717, 1.165) is 30.0 Å². The Kier molecular flexibility index (Phi) is 7.28. The van der Waals surface area contributed by atoms with Gasteiger partial charge in [-0.05, 0) is 38.3 Å². The Hall–Kier alpha value is -3.56. The molecule has 1 amide bonds. The van der Waals surface area contributed by atoms with Crippen molar-refractivity contribution in [2.75, 3.05) is 5.32 Å². The molecule has 7 nitrogen and oxygen atoms in total. The molecular formula is C25H27F3N4O3. The molecule has 1 N–H and O–H groups in total. The number of alkyl halides is 2. The number of aryl methyl sites for hydroxylation is 1. The van der Waals surface area contributed by atoms with Crippen LogP contribution >= 0.6 is 0 Å². The van der Waals surface area contributed by atoms with E-state index in [4.69, 9.17) is 4.74 Å². The Morgan fingerprint density at radius 2 is 2.00 bits per heavy atom. The number of amides is 1. The zero-order valence-corrected chi connectivity index (χ0v) is 19.6. The van der Waals surface area contributed by atoms with E-state index in [1.54, 1.807) is 0 Å². The SMILES string of the molecule is CCCC(C)Oc1cc(-n2nc3n(c2=O)CCCC3)c(F)cc1C(=O)Nc1ccccc1C(F)F. The van der Waals surface area contributed by atoms with Gasteiger partial charge in [-0.25, -0.2) is 18.0 Å². The van der Waals surface area contributed by atoms with E-state index < -0.39 is 23.8 Å². The summed E-state index contributed by atoms with van der Waals surface area (Å²) in [6.45, 7) is 4.29. The summed E-state index contributed by atoms with van der Waals surface area (Å²) in [5.41, 5.74) is -1.21. The number of nitrogens with one attached hydrogen (secondary N) is 1. The van der Waals surface area contributed by atoms with Crippen molar-refractivity contribution in [3.8, 4) is 11.4 Å². The summed E-state index contributed by atoms with van der Waals surface area (Å²) in [6.07, 6.45) is 0.705. The molecule has 1 aliphatic heterocycles. The molecule has 0 saturated heterocycles. The monoisotopic (exact) mass is 488 g/mol. The zero-order chi connectivity index (χ0) is 25.1. The number of nitrogens with zero attached hydrogens (tertiary/aromatic N) is 3. The van der Waals surface area contributed by atoms with Gasteiger partial charge in [-0.3, -0.25) is 9.36 Å². The van der Waals surface area contributed by atoms with E-state index in [2.05, 4.69) is 10.4 Å². The largest absolute Gasteiger partial charge is 0.490 e. The predicted octanol–water partition coefficient (Wildman–Crippen LogP) is 5.27. The number of anilines is 1. The Bertz CT molecular complexity index is 1290. The number of benzene rings is 2. The lowest BCUT2D eigenvalue weighted by molar-refractivity contribution is 0.101. The summed E-state index contributed by atoms with van der Waals surface area (Å²) in [7, 11) is 0. The van der Waals surface area contributed by atoms with Crippen LogP contribution in [0.25, 0.3) is 5.69 Å². The second-order valence-electron chi connectivity index (χ2n) is 8.58. The summed E-state index contributed by atoms with van der Waals surface area (Å²) in [6, 6.07) is 7.73. The van der Waals surface area contributed by atoms with Crippen molar-refractivity contribution in [3.63, 3.8) is 0 Å². The van der Waals surface area contributed by atoms with Gasteiger partial charge < -0.3 is 10.1 Å². The number of hydrogen-bond donors (Lipinski definition) is 1. The van der Waals surface area contributed by atoms with Crippen molar-refractivity contribution in [1.82, 2.24) is 14.3 Å². The molecule has 1 aliphatic rings. The lowest BCUT2D eigenvalue weighted by Crippen LogP contribution is -2.27. The van der Waals surface area contributed by atoms with Gasteiger partial charge in [0.15, 0.2) is 0 Å². The molecular weight excluding hydrogens is 461 g/mol. The molecule has 1 aromatic heterocycles. The molecule has 2 aromatic carbocycles. The minimum atomic E-state index is -2.80. The fourth-order valence-corrected chi connectivity index (χ4v) is 4.21. The number of ether oxygens (including phenoxy) is 1. The lowest BCUT2D eigenvalue weighted by Gasteiger charge is -2.19. The van der Waals surface area contributed by atoms with Crippen LogP contribution in [0.1, 0.15) is 67.7 Å². The van der Waals surface area contributed by atoms with Gasteiger partial charge in [0.05, 0.1) is 11.7 Å². The van der Waals surface area contributed by atoms with Gasteiger partial charge in [0, 0.05) is 30.3 Å². The summed E-state index contributed by atoms with van der Waals surface area (Å²) in [5, 5.41) is 6.74. The van der Waals surface area contributed by atoms with E-state index in [1.165, 1.54) is 34.9 Å². The molecule has 0 saturated carbocycles. The van der Waals surface area contributed by atoms with Gasteiger partial charge in [-0.15, -0.1) is 5.10 Å². The van der Waals surface area contributed by atoms with Crippen molar-refractivity contribution in [2.24, 2.45) is 0 Å². The Morgan fingerprint density at radius 3 is 2.71 bits per heavy atom. The van der Waals surface area contributed by atoms with Gasteiger partial charge in [-0.1, -0.05) is 31.5 Å². The van der Waals surface area contributed by atoms with Crippen LogP contribution in [-0.4, -0.2) is 26.4 Å². The fraction of sp³-hybridized carbons (Fsp3) is 0.400. The van der Waals surface area contributed by atoms with Crippen LogP contribution in [0, 0.1) is 5.82 Å². The maximum atomic E-state index is 15.3. The highest BCUT2D eigenvalue weighted by Gasteiger charge is 2.25. The number of fused-ring (bicyclic) bond motifs is 1. The van der Waals surface area contributed by atoms with Crippen LogP contribution in [-0.2, 0) is 13.0 Å². The second kappa shape index (κ2) is 10.4. The van der Waals surface area contributed by atoms with Crippen LogP contribution in [0.3, 0.4) is 0 Å². The van der Waals surface area contributed by atoms with Gasteiger partial charge in [-0.2, -0.15) is 4.68 Å². The van der Waals surface area contributed by atoms with E-state index in [0.29, 0.717) is 25.2 Å². The Balaban J connectivity index is 1.76. The van der Waals surface area contributed by atoms with Crippen molar-refractivity contribution in [1.29, 1.82) is 0 Å². The average Bonchev–Trinajstić information content (AvgIpc) is 3.16. The topological polar surface area (TPSA) is 78.2 Å². The number of carbonyl (C=O) groups excluding carboxylic acids is 1. The standard InChI is InChI=1S/C25H27F3N4O3/c1-3-8-15(2)35-21-14-20(32-25(34)31-12-7-6-11-22(31)30-32)18(26)13-17(21)24(33)29-19-10-5-4-9-16(19)23(27)28/h4-5,9-10,13-15,23H,3,6-8,11-12H2,1-2H3,(H,29,33). The first kappa shape index (κ1) is 24.6. The molecule has 2 heterocycles. The van der Waals surface area contributed by atoms with E-state index in [1.807, 2.05) is 13.8 Å². The zero-order valence-electron chi connectivity index (χ0n) is 19.6. The predicted molar refractivity (Wildman–Crippen MR) is 125 cm³/mol. The quantitative estimate of drug-likeness (QED) is 0.469. The molecule has 0 spiro atoms. The Morgan fingerprint density at radius 1 is 1.23 bits per heavy atom. The molecule has 0 radical (unpaired) electrons. The molecule has 3 aromatic rings. The first-order valence-electron chi connectivity index (χ1n) is 11.7. The summed E-state index contributed by atoms with van der Waals surface area (Å²) >= 11 is 0. The molecule has 0 bridgehead atoms. The summed E-state index contributed by atoms with van der Waals surface area (Å²) in [5.74, 6) is -1.05. The molecule has 0 aliphatic carbocycles. The highest BCUT2D eigenvalue weighted by molar-refractivity contribution is 6.06. The minimum absolute atomic E-state index is 0.0345. The first-order valence-corrected chi connectivity index (χ1v) is 11.7. The van der Waals surface area contributed by atoms with Crippen molar-refractivity contribution >= 4 is 11.6 Å². The Labute approximate surface area is 200 Å². The third-order valence-corrected chi connectivity index (χ3v) is 5.96. The number of halogens is 3. The van der Waals surface area contributed by atoms with Gasteiger partial charge in [0.2, 0.25) is 0 Å². The van der Waals surface area contributed by atoms with Crippen LogP contribution in [0.5, 0.6) is 5.75 Å². The molecule has 0 fully saturated rings.